The number of carbonyl (C=O) groups is 1. The lowest BCUT2D eigenvalue weighted by atomic mass is 9.84. The van der Waals surface area contributed by atoms with Crippen LogP contribution in [0.3, 0.4) is 0 Å². The predicted octanol–water partition coefficient (Wildman–Crippen LogP) is 1.81. The highest BCUT2D eigenvalue weighted by molar-refractivity contribution is 6.30. The number of amides is 1. The standard InChI is InChI=1S/C12H13ClN2O3/c13-10-3-1-2-9(6-10)7-12(15(17)18)5-4-11(16)14-8-12/h1-3,6H,4-5,7-8H2,(H,14,16). The molecule has 1 aliphatic rings. The number of benzene rings is 1. The summed E-state index contributed by atoms with van der Waals surface area (Å²) in [5.74, 6) is -0.126. The Morgan fingerprint density at radius 1 is 1.50 bits per heavy atom. The van der Waals surface area contributed by atoms with Crippen molar-refractivity contribution >= 4 is 17.5 Å². The van der Waals surface area contributed by atoms with Gasteiger partial charge in [0.25, 0.3) is 0 Å². The highest BCUT2D eigenvalue weighted by atomic mass is 35.5. The Kier molecular flexibility index (Phi) is 3.52. The molecule has 1 fully saturated rings. The quantitative estimate of drug-likeness (QED) is 0.671. The fourth-order valence-corrected chi connectivity index (χ4v) is 2.40. The van der Waals surface area contributed by atoms with Crippen molar-refractivity contribution in [3.05, 3.63) is 45.0 Å². The van der Waals surface area contributed by atoms with Gasteiger partial charge in [-0.1, -0.05) is 23.7 Å². The maximum atomic E-state index is 11.3. The average Bonchev–Trinajstić information content (AvgIpc) is 2.32. The molecule has 1 heterocycles. The fraction of sp³-hybridized carbons (Fsp3) is 0.417. The van der Waals surface area contributed by atoms with E-state index in [9.17, 15) is 14.9 Å². The normalized spacial score (nSPS) is 23.5. The van der Waals surface area contributed by atoms with E-state index in [4.69, 9.17) is 11.6 Å². The molecule has 1 unspecified atom stereocenters. The van der Waals surface area contributed by atoms with E-state index in [1.165, 1.54) is 0 Å². The van der Waals surface area contributed by atoms with Crippen LogP contribution in [0, 0.1) is 10.1 Å². The average molecular weight is 269 g/mol. The van der Waals surface area contributed by atoms with Crippen molar-refractivity contribution < 1.29 is 9.72 Å². The Morgan fingerprint density at radius 3 is 2.83 bits per heavy atom. The Morgan fingerprint density at radius 2 is 2.28 bits per heavy atom. The van der Waals surface area contributed by atoms with E-state index in [1.807, 2.05) is 6.07 Å². The Labute approximate surface area is 109 Å². The second kappa shape index (κ2) is 4.94. The highest BCUT2D eigenvalue weighted by Gasteiger charge is 2.45. The summed E-state index contributed by atoms with van der Waals surface area (Å²) in [4.78, 5) is 22.1. The van der Waals surface area contributed by atoms with Crippen molar-refractivity contribution in [3.8, 4) is 0 Å². The van der Waals surface area contributed by atoms with Crippen LogP contribution in [-0.2, 0) is 11.2 Å². The number of hydrogen-bond acceptors (Lipinski definition) is 3. The van der Waals surface area contributed by atoms with Crippen molar-refractivity contribution in [3.63, 3.8) is 0 Å². The molecule has 0 aliphatic carbocycles. The molecule has 0 bridgehead atoms. The zero-order valence-electron chi connectivity index (χ0n) is 9.69. The topological polar surface area (TPSA) is 72.2 Å². The number of nitro groups is 1. The van der Waals surface area contributed by atoms with Crippen LogP contribution in [0.2, 0.25) is 5.02 Å². The van der Waals surface area contributed by atoms with Crippen LogP contribution in [0.25, 0.3) is 0 Å². The largest absolute Gasteiger partial charge is 0.349 e. The van der Waals surface area contributed by atoms with E-state index in [0.29, 0.717) is 5.02 Å². The van der Waals surface area contributed by atoms with Gasteiger partial charge < -0.3 is 5.32 Å². The van der Waals surface area contributed by atoms with Gasteiger partial charge in [-0.05, 0) is 17.7 Å². The summed E-state index contributed by atoms with van der Waals surface area (Å²) in [7, 11) is 0. The van der Waals surface area contributed by atoms with Crippen LogP contribution in [-0.4, -0.2) is 22.9 Å². The third-order valence-electron chi connectivity index (χ3n) is 3.24. The van der Waals surface area contributed by atoms with Gasteiger partial charge in [-0.2, -0.15) is 0 Å². The van der Waals surface area contributed by atoms with Crippen molar-refractivity contribution in [2.75, 3.05) is 6.54 Å². The maximum absolute atomic E-state index is 11.3. The molecule has 0 saturated carbocycles. The molecule has 96 valence electrons. The van der Waals surface area contributed by atoms with Crippen LogP contribution in [0.4, 0.5) is 0 Å². The van der Waals surface area contributed by atoms with Gasteiger partial charge >= 0.3 is 0 Å². The number of halogens is 1. The fourth-order valence-electron chi connectivity index (χ4n) is 2.18. The zero-order valence-corrected chi connectivity index (χ0v) is 10.4. The number of rotatable bonds is 3. The van der Waals surface area contributed by atoms with Gasteiger partial charge in [0.1, 0.15) is 0 Å². The Bertz CT molecular complexity index is 480. The maximum Gasteiger partial charge on any atom is 0.243 e. The van der Waals surface area contributed by atoms with Gasteiger partial charge in [-0.25, -0.2) is 0 Å². The van der Waals surface area contributed by atoms with Gasteiger partial charge in [-0.3, -0.25) is 14.9 Å². The second-order valence-corrected chi connectivity index (χ2v) is 5.00. The van der Waals surface area contributed by atoms with Crippen LogP contribution < -0.4 is 5.32 Å². The highest BCUT2D eigenvalue weighted by Crippen LogP contribution is 2.26. The van der Waals surface area contributed by atoms with Crippen molar-refractivity contribution in [2.45, 2.75) is 24.8 Å². The monoisotopic (exact) mass is 268 g/mol. The predicted molar refractivity (Wildman–Crippen MR) is 67.1 cm³/mol. The van der Waals surface area contributed by atoms with Gasteiger partial charge in [-0.15, -0.1) is 0 Å². The number of hydrogen-bond donors (Lipinski definition) is 1. The van der Waals surface area contributed by atoms with E-state index in [1.54, 1.807) is 18.2 Å². The summed E-state index contributed by atoms with van der Waals surface area (Å²) < 4.78 is 0. The first-order chi connectivity index (χ1) is 8.52. The number of nitrogens with zero attached hydrogens (tertiary/aromatic N) is 1. The van der Waals surface area contributed by atoms with E-state index >= 15 is 0 Å². The number of piperidine rings is 1. The lowest BCUT2D eigenvalue weighted by Crippen LogP contribution is -2.54. The molecule has 2 rings (SSSR count). The summed E-state index contributed by atoms with van der Waals surface area (Å²) in [6.07, 6.45) is 0.737. The molecule has 1 amide bonds. The van der Waals surface area contributed by atoms with Gasteiger partial charge in [0, 0.05) is 29.2 Å². The molecule has 1 saturated heterocycles. The molecule has 1 N–H and O–H groups in total. The molecular formula is C12H13ClN2O3. The zero-order chi connectivity index (χ0) is 13.2. The minimum absolute atomic E-state index is 0.0747. The minimum Gasteiger partial charge on any atom is -0.349 e. The van der Waals surface area contributed by atoms with Gasteiger partial charge in [0.2, 0.25) is 11.4 Å². The first-order valence-electron chi connectivity index (χ1n) is 5.67. The summed E-state index contributed by atoms with van der Waals surface area (Å²) in [5.41, 5.74) is -0.297. The van der Waals surface area contributed by atoms with E-state index in [2.05, 4.69) is 5.32 Å². The lowest BCUT2D eigenvalue weighted by Gasteiger charge is -2.29. The molecule has 0 aromatic heterocycles. The molecule has 1 aromatic rings. The molecule has 18 heavy (non-hydrogen) atoms. The van der Waals surface area contributed by atoms with Crippen LogP contribution in [0.5, 0.6) is 0 Å². The van der Waals surface area contributed by atoms with Gasteiger partial charge in [0.05, 0.1) is 6.54 Å². The summed E-state index contributed by atoms with van der Waals surface area (Å²) in [6.45, 7) is 0.0747. The molecule has 5 nitrogen and oxygen atoms in total. The molecule has 1 aliphatic heterocycles. The van der Waals surface area contributed by atoms with Crippen LogP contribution in [0.1, 0.15) is 18.4 Å². The molecule has 0 spiro atoms. The molecular weight excluding hydrogens is 256 g/mol. The third kappa shape index (κ3) is 2.61. The first kappa shape index (κ1) is 12.8. The van der Waals surface area contributed by atoms with E-state index in [0.717, 1.165) is 5.56 Å². The van der Waals surface area contributed by atoms with E-state index < -0.39 is 5.54 Å². The van der Waals surface area contributed by atoms with Crippen molar-refractivity contribution in [1.82, 2.24) is 5.32 Å². The Balaban J connectivity index is 2.21. The Hall–Kier alpha value is -1.62. The smallest absolute Gasteiger partial charge is 0.243 e. The summed E-state index contributed by atoms with van der Waals surface area (Å²) in [6, 6.07) is 7.04. The molecule has 1 atom stereocenters. The van der Waals surface area contributed by atoms with Crippen molar-refractivity contribution in [2.24, 2.45) is 0 Å². The van der Waals surface area contributed by atoms with E-state index in [-0.39, 0.29) is 36.6 Å². The number of carbonyl (C=O) groups excluding carboxylic acids is 1. The van der Waals surface area contributed by atoms with Crippen LogP contribution in [0.15, 0.2) is 24.3 Å². The van der Waals surface area contributed by atoms with Crippen LogP contribution >= 0.6 is 11.6 Å². The number of nitrogens with one attached hydrogen (secondary N) is 1. The molecule has 6 heteroatoms. The van der Waals surface area contributed by atoms with Gasteiger partial charge in [0.15, 0.2) is 0 Å². The molecule has 0 radical (unpaired) electrons. The van der Waals surface area contributed by atoms with Crippen molar-refractivity contribution in [1.29, 1.82) is 0 Å². The minimum atomic E-state index is -1.11. The first-order valence-corrected chi connectivity index (χ1v) is 6.05. The second-order valence-electron chi connectivity index (χ2n) is 4.56. The SMILES string of the molecule is O=C1CCC(Cc2cccc(Cl)c2)([N+](=O)[O-])CN1. The third-order valence-corrected chi connectivity index (χ3v) is 3.48. The summed E-state index contributed by atoms with van der Waals surface area (Å²) >= 11 is 5.87. The lowest BCUT2D eigenvalue weighted by molar-refractivity contribution is -0.569. The summed E-state index contributed by atoms with van der Waals surface area (Å²) in [5, 5.41) is 14.4. The molecule has 1 aromatic carbocycles.